The summed E-state index contributed by atoms with van der Waals surface area (Å²) in [7, 11) is 0. The van der Waals surface area contributed by atoms with Crippen LogP contribution in [-0.2, 0) is 0 Å². The fourth-order valence-electron chi connectivity index (χ4n) is 1.68. The largest absolute Gasteiger partial charge is 0.493 e. The zero-order valence-electron chi connectivity index (χ0n) is 7.46. The average molecular weight is 242 g/mol. The van der Waals surface area contributed by atoms with E-state index < -0.39 is 0 Å². The van der Waals surface area contributed by atoms with Gasteiger partial charge in [-0.05, 0) is 19.1 Å². The molecule has 1 aromatic carbocycles. The van der Waals surface area contributed by atoms with E-state index in [2.05, 4.69) is 15.9 Å². The van der Waals surface area contributed by atoms with Crippen molar-refractivity contribution in [2.75, 3.05) is 6.61 Å². The molecule has 1 aliphatic heterocycles. The van der Waals surface area contributed by atoms with Crippen LogP contribution < -0.4 is 10.5 Å². The van der Waals surface area contributed by atoms with E-state index in [4.69, 9.17) is 10.5 Å². The van der Waals surface area contributed by atoms with Gasteiger partial charge in [0.2, 0.25) is 0 Å². The molecule has 70 valence electrons. The highest BCUT2D eigenvalue weighted by molar-refractivity contribution is 9.10. The molecule has 0 bridgehead atoms. The number of hydrogen-bond donors (Lipinski definition) is 1. The average Bonchev–Trinajstić information content (AvgIpc) is 2.49. The van der Waals surface area contributed by atoms with E-state index in [0.29, 0.717) is 12.5 Å². The van der Waals surface area contributed by atoms with Crippen molar-refractivity contribution in [3.63, 3.8) is 0 Å². The fraction of sp³-hybridized carbons (Fsp3) is 0.400. The molecule has 0 radical (unpaired) electrons. The van der Waals surface area contributed by atoms with Crippen molar-refractivity contribution < 1.29 is 4.74 Å². The lowest BCUT2D eigenvalue weighted by Gasteiger charge is -2.13. The summed E-state index contributed by atoms with van der Waals surface area (Å²) in [4.78, 5) is 0. The van der Waals surface area contributed by atoms with Gasteiger partial charge < -0.3 is 10.5 Å². The molecule has 0 spiro atoms. The van der Waals surface area contributed by atoms with Crippen LogP contribution in [0.1, 0.15) is 18.4 Å². The normalized spacial score (nSPS) is 22.2. The Bertz CT molecular complexity index is 325. The van der Waals surface area contributed by atoms with Gasteiger partial charge in [0, 0.05) is 22.0 Å². The zero-order valence-corrected chi connectivity index (χ0v) is 9.04. The predicted molar refractivity (Wildman–Crippen MR) is 56.0 cm³/mol. The van der Waals surface area contributed by atoms with Gasteiger partial charge in [-0.15, -0.1) is 0 Å². The summed E-state index contributed by atoms with van der Waals surface area (Å²) in [6.45, 7) is 2.72. The summed E-state index contributed by atoms with van der Waals surface area (Å²) in [5, 5.41) is 0. The molecule has 2 atom stereocenters. The molecule has 2 rings (SSSR count). The first-order valence-corrected chi connectivity index (χ1v) is 5.16. The standard InChI is InChI=1S/C10H12BrNO/c1-6(12)7-5-13-9-4-2-3-8(11)10(7)9/h2-4,6-7H,5,12H2,1H3. The smallest absolute Gasteiger partial charge is 0.124 e. The molecule has 2 unspecified atom stereocenters. The third kappa shape index (κ3) is 1.46. The van der Waals surface area contributed by atoms with E-state index in [1.165, 1.54) is 5.56 Å². The first kappa shape index (κ1) is 9.03. The molecule has 3 heteroatoms. The molecule has 0 saturated carbocycles. The van der Waals surface area contributed by atoms with E-state index in [-0.39, 0.29) is 6.04 Å². The van der Waals surface area contributed by atoms with Crippen LogP contribution in [0.4, 0.5) is 0 Å². The second-order valence-electron chi connectivity index (χ2n) is 3.43. The number of fused-ring (bicyclic) bond motifs is 1. The SMILES string of the molecule is CC(N)C1COc2cccc(Br)c21. The van der Waals surface area contributed by atoms with Gasteiger partial charge in [-0.3, -0.25) is 0 Å². The highest BCUT2D eigenvalue weighted by atomic mass is 79.9. The van der Waals surface area contributed by atoms with Gasteiger partial charge in [0.15, 0.2) is 0 Å². The first-order chi connectivity index (χ1) is 6.20. The molecule has 2 N–H and O–H groups in total. The third-order valence-electron chi connectivity index (χ3n) is 2.44. The minimum absolute atomic E-state index is 0.139. The van der Waals surface area contributed by atoms with Crippen molar-refractivity contribution in [1.82, 2.24) is 0 Å². The van der Waals surface area contributed by atoms with Gasteiger partial charge in [-0.1, -0.05) is 22.0 Å². The van der Waals surface area contributed by atoms with E-state index in [1.807, 2.05) is 25.1 Å². The Hall–Kier alpha value is -0.540. The van der Waals surface area contributed by atoms with Gasteiger partial charge in [-0.25, -0.2) is 0 Å². The van der Waals surface area contributed by atoms with Gasteiger partial charge in [0.25, 0.3) is 0 Å². The van der Waals surface area contributed by atoms with Crippen molar-refractivity contribution in [2.24, 2.45) is 5.73 Å². The molecule has 0 fully saturated rings. The Labute approximate surface area is 86.2 Å². The molecule has 1 heterocycles. The van der Waals surface area contributed by atoms with Gasteiger partial charge >= 0.3 is 0 Å². The molecule has 1 aliphatic rings. The van der Waals surface area contributed by atoms with Crippen LogP contribution in [0.2, 0.25) is 0 Å². The van der Waals surface area contributed by atoms with Crippen molar-refractivity contribution in [3.8, 4) is 5.75 Å². The van der Waals surface area contributed by atoms with Crippen LogP contribution in [0.15, 0.2) is 22.7 Å². The summed E-state index contributed by atoms with van der Waals surface area (Å²) < 4.78 is 6.64. The topological polar surface area (TPSA) is 35.2 Å². The Morgan fingerprint density at radius 1 is 1.62 bits per heavy atom. The Kier molecular flexibility index (Phi) is 2.30. The van der Waals surface area contributed by atoms with Crippen LogP contribution in [0, 0.1) is 0 Å². The van der Waals surface area contributed by atoms with E-state index in [0.717, 1.165) is 10.2 Å². The summed E-state index contributed by atoms with van der Waals surface area (Å²) in [5.74, 6) is 1.29. The van der Waals surface area contributed by atoms with Crippen LogP contribution in [0.25, 0.3) is 0 Å². The number of ether oxygens (including phenoxy) is 1. The molecule has 2 nitrogen and oxygen atoms in total. The minimum Gasteiger partial charge on any atom is -0.493 e. The Morgan fingerprint density at radius 3 is 3.08 bits per heavy atom. The number of hydrogen-bond acceptors (Lipinski definition) is 2. The molecule has 0 aromatic heterocycles. The van der Waals surface area contributed by atoms with Crippen molar-refractivity contribution in [1.29, 1.82) is 0 Å². The van der Waals surface area contributed by atoms with Crippen LogP contribution in [-0.4, -0.2) is 12.6 Å². The maximum atomic E-state index is 5.88. The first-order valence-electron chi connectivity index (χ1n) is 4.37. The van der Waals surface area contributed by atoms with Gasteiger partial charge in [0.1, 0.15) is 5.75 Å². The number of benzene rings is 1. The summed E-state index contributed by atoms with van der Waals surface area (Å²) in [6.07, 6.45) is 0. The van der Waals surface area contributed by atoms with Crippen molar-refractivity contribution >= 4 is 15.9 Å². The maximum Gasteiger partial charge on any atom is 0.124 e. The summed E-state index contributed by atoms with van der Waals surface area (Å²) in [5.41, 5.74) is 7.10. The van der Waals surface area contributed by atoms with Gasteiger partial charge in [0.05, 0.1) is 6.61 Å². The predicted octanol–water partition coefficient (Wildman–Crippen LogP) is 2.27. The number of nitrogens with two attached hydrogens (primary N) is 1. The number of rotatable bonds is 1. The highest BCUT2D eigenvalue weighted by Crippen LogP contribution is 2.39. The van der Waals surface area contributed by atoms with Crippen LogP contribution in [0.3, 0.4) is 0 Å². The van der Waals surface area contributed by atoms with Crippen molar-refractivity contribution in [3.05, 3.63) is 28.2 Å². The molecular formula is C10H12BrNO. The Morgan fingerprint density at radius 2 is 2.38 bits per heavy atom. The fourth-order valence-corrected chi connectivity index (χ4v) is 2.32. The summed E-state index contributed by atoms with van der Waals surface area (Å²) in [6, 6.07) is 6.14. The molecule has 1 aromatic rings. The zero-order chi connectivity index (χ0) is 9.42. The minimum atomic E-state index is 0.139. The molecule has 0 amide bonds. The Balaban J connectivity index is 2.46. The monoisotopic (exact) mass is 241 g/mol. The third-order valence-corrected chi connectivity index (χ3v) is 3.13. The van der Waals surface area contributed by atoms with E-state index >= 15 is 0 Å². The van der Waals surface area contributed by atoms with E-state index in [1.54, 1.807) is 0 Å². The molecule has 0 aliphatic carbocycles. The molecule has 13 heavy (non-hydrogen) atoms. The lowest BCUT2D eigenvalue weighted by Crippen LogP contribution is -2.25. The second-order valence-corrected chi connectivity index (χ2v) is 4.28. The van der Waals surface area contributed by atoms with Crippen molar-refractivity contribution in [2.45, 2.75) is 18.9 Å². The maximum absolute atomic E-state index is 5.88. The quantitative estimate of drug-likeness (QED) is 0.819. The van der Waals surface area contributed by atoms with Gasteiger partial charge in [-0.2, -0.15) is 0 Å². The lowest BCUT2D eigenvalue weighted by atomic mass is 9.95. The molecule has 0 saturated heterocycles. The molecular weight excluding hydrogens is 230 g/mol. The lowest BCUT2D eigenvalue weighted by molar-refractivity contribution is 0.318. The van der Waals surface area contributed by atoms with Crippen LogP contribution >= 0.6 is 15.9 Å². The number of halogens is 1. The van der Waals surface area contributed by atoms with E-state index in [9.17, 15) is 0 Å². The summed E-state index contributed by atoms with van der Waals surface area (Å²) >= 11 is 3.52. The van der Waals surface area contributed by atoms with Crippen LogP contribution in [0.5, 0.6) is 5.75 Å². The second kappa shape index (κ2) is 3.31. The highest BCUT2D eigenvalue weighted by Gasteiger charge is 2.28.